The van der Waals surface area contributed by atoms with Gasteiger partial charge in [-0.3, -0.25) is 4.79 Å². The molecule has 0 unspecified atom stereocenters. The van der Waals surface area contributed by atoms with Crippen molar-refractivity contribution in [2.45, 2.75) is 83.2 Å². The molecule has 0 amide bonds. The molecule has 5 heteroatoms. The Hall–Kier alpha value is -1.35. The van der Waals surface area contributed by atoms with E-state index in [1.165, 1.54) is 6.92 Å². The number of aliphatic hydroxyl groups excluding tert-OH is 2. The molecule has 28 heavy (non-hydrogen) atoms. The zero-order chi connectivity index (χ0) is 20.5. The van der Waals surface area contributed by atoms with Crippen molar-refractivity contribution in [1.82, 2.24) is 0 Å². The first-order valence-electron chi connectivity index (χ1n) is 10.5. The number of hydrogen-bond acceptors (Lipinski definition) is 5. The molecule has 5 nitrogen and oxygen atoms in total. The average molecular weight is 389 g/mol. The summed E-state index contributed by atoms with van der Waals surface area (Å²) in [5.41, 5.74) is -0.650. The van der Waals surface area contributed by atoms with Crippen molar-refractivity contribution < 1.29 is 24.9 Å². The number of carbonyl (C=O) groups is 1. The fraction of sp³-hybridized carbons (Fsp3) is 0.783. The minimum absolute atomic E-state index is 0.0207. The highest BCUT2D eigenvalue weighted by molar-refractivity contribution is 5.66. The maximum atomic E-state index is 11.4. The van der Waals surface area contributed by atoms with Gasteiger partial charge in [-0.15, -0.1) is 6.42 Å². The van der Waals surface area contributed by atoms with Crippen molar-refractivity contribution in [3.63, 3.8) is 0 Å². The topological polar surface area (TPSA) is 87.0 Å². The molecule has 0 aromatic heterocycles. The van der Waals surface area contributed by atoms with Gasteiger partial charge in [0.1, 0.15) is 11.7 Å². The maximum absolute atomic E-state index is 11.4. The zero-order valence-corrected chi connectivity index (χ0v) is 17.0. The summed E-state index contributed by atoms with van der Waals surface area (Å²) in [6.45, 7) is 5.62. The lowest BCUT2D eigenvalue weighted by atomic mass is 9.46. The summed E-state index contributed by atoms with van der Waals surface area (Å²) < 4.78 is 5.33. The Balaban J connectivity index is 1.69. The van der Waals surface area contributed by atoms with Gasteiger partial charge in [0.2, 0.25) is 0 Å². The molecule has 9 atom stereocenters. The summed E-state index contributed by atoms with van der Waals surface area (Å²) in [6, 6.07) is 0. The smallest absolute Gasteiger partial charge is 0.303 e. The molecular formula is C23H32O5. The summed E-state index contributed by atoms with van der Waals surface area (Å²) in [4.78, 5) is 11.4. The lowest BCUT2D eigenvalue weighted by Crippen LogP contribution is -2.58. The van der Waals surface area contributed by atoms with E-state index in [1.807, 2.05) is 6.08 Å². The van der Waals surface area contributed by atoms with Crippen molar-refractivity contribution in [1.29, 1.82) is 0 Å². The highest BCUT2D eigenvalue weighted by atomic mass is 16.6. The Labute approximate surface area is 167 Å². The summed E-state index contributed by atoms with van der Waals surface area (Å²) in [6.07, 6.45) is 9.84. The Kier molecular flexibility index (Phi) is 4.50. The van der Waals surface area contributed by atoms with E-state index in [9.17, 15) is 20.1 Å². The predicted molar refractivity (Wildman–Crippen MR) is 104 cm³/mol. The Morgan fingerprint density at radius 1 is 1.25 bits per heavy atom. The molecule has 0 radical (unpaired) electrons. The minimum Gasteiger partial charge on any atom is -0.459 e. The third-order valence-corrected chi connectivity index (χ3v) is 8.84. The second-order valence-electron chi connectivity index (χ2n) is 10.0. The fourth-order valence-electron chi connectivity index (χ4n) is 7.25. The van der Waals surface area contributed by atoms with Crippen molar-refractivity contribution in [2.24, 2.45) is 28.6 Å². The van der Waals surface area contributed by atoms with Gasteiger partial charge in [0.15, 0.2) is 0 Å². The standard InChI is InChI=1S/C23H32O5/c1-5-23(27)9-7-16-20-15(6-8-22(16,23)4)21(3)12-18(26)19(28-13(2)24)11-14(21)10-17(20)25/h1,10,15-20,25-27H,6-9,11-12H2,2-4H3/t15-,16-,17-,18-,19+,20+,21-,22-,23-/m0/s1. The molecule has 4 aliphatic rings. The number of ether oxygens (including phenoxy) is 1. The lowest BCUT2D eigenvalue weighted by Gasteiger charge is -2.60. The first-order valence-corrected chi connectivity index (χ1v) is 10.5. The van der Waals surface area contributed by atoms with Crippen LogP contribution in [0, 0.1) is 40.9 Å². The number of terminal acetylenes is 1. The van der Waals surface area contributed by atoms with E-state index in [0.29, 0.717) is 19.3 Å². The summed E-state index contributed by atoms with van der Waals surface area (Å²) >= 11 is 0. The van der Waals surface area contributed by atoms with Gasteiger partial charge in [0.25, 0.3) is 0 Å². The molecule has 0 aromatic rings. The van der Waals surface area contributed by atoms with Crippen LogP contribution >= 0.6 is 0 Å². The number of rotatable bonds is 1. The molecule has 4 aliphatic carbocycles. The van der Waals surface area contributed by atoms with E-state index in [1.54, 1.807) is 0 Å². The minimum atomic E-state index is -1.11. The Bertz CT molecular complexity index is 753. The maximum Gasteiger partial charge on any atom is 0.303 e. The molecule has 3 fully saturated rings. The third kappa shape index (κ3) is 2.54. The van der Waals surface area contributed by atoms with Gasteiger partial charge in [0, 0.05) is 18.8 Å². The van der Waals surface area contributed by atoms with Crippen LogP contribution in [0.25, 0.3) is 0 Å². The number of esters is 1. The predicted octanol–water partition coefficient (Wildman–Crippen LogP) is 2.19. The highest BCUT2D eigenvalue weighted by Gasteiger charge is 2.65. The van der Waals surface area contributed by atoms with Gasteiger partial charge >= 0.3 is 5.97 Å². The van der Waals surface area contributed by atoms with Gasteiger partial charge in [0.05, 0.1) is 12.2 Å². The number of carbonyl (C=O) groups excluding carboxylic acids is 1. The summed E-state index contributed by atoms with van der Waals surface area (Å²) in [5, 5.41) is 32.9. The monoisotopic (exact) mass is 388 g/mol. The second kappa shape index (κ2) is 6.32. The van der Waals surface area contributed by atoms with Crippen molar-refractivity contribution >= 4 is 5.97 Å². The van der Waals surface area contributed by atoms with Crippen LogP contribution in [-0.2, 0) is 9.53 Å². The largest absolute Gasteiger partial charge is 0.459 e. The van der Waals surface area contributed by atoms with Crippen LogP contribution in [0.15, 0.2) is 11.6 Å². The van der Waals surface area contributed by atoms with Gasteiger partial charge in [-0.2, -0.15) is 0 Å². The molecule has 0 bridgehead atoms. The molecule has 0 saturated heterocycles. The van der Waals surface area contributed by atoms with Gasteiger partial charge in [-0.25, -0.2) is 0 Å². The SMILES string of the molecule is C#C[C@]1(O)CC[C@H]2[C@@H]3[C@@H](O)C=C4C[C@@H](OC(C)=O)[C@@H](O)C[C@]4(C)[C@H]3CC[C@@]21C. The average Bonchev–Trinajstić information content (AvgIpc) is 2.89. The third-order valence-electron chi connectivity index (χ3n) is 8.84. The van der Waals surface area contributed by atoms with E-state index in [0.717, 1.165) is 24.8 Å². The van der Waals surface area contributed by atoms with E-state index in [4.69, 9.17) is 11.2 Å². The molecule has 0 aromatic carbocycles. The summed E-state index contributed by atoms with van der Waals surface area (Å²) in [7, 11) is 0. The van der Waals surface area contributed by atoms with Crippen LogP contribution in [0.3, 0.4) is 0 Å². The van der Waals surface area contributed by atoms with Gasteiger partial charge in [-0.1, -0.05) is 31.4 Å². The normalized spacial score (nSPS) is 52.5. The first kappa shape index (κ1) is 19.9. The molecule has 0 spiro atoms. The first-order chi connectivity index (χ1) is 13.1. The van der Waals surface area contributed by atoms with Gasteiger partial charge < -0.3 is 20.1 Å². The molecular weight excluding hydrogens is 356 g/mol. The van der Waals surface area contributed by atoms with Crippen molar-refractivity contribution in [3.8, 4) is 12.3 Å². The van der Waals surface area contributed by atoms with E-state index < -0.39 is 29.9 Å². The van der Waals surface area contributed by atoms with Gasteiger partial charge in [-0.05, 0) is 55.3 Å². The van der Waals surface area contributed by atoms with Crippen molar-refractivity contribution in [3.05, 3.63) is 11.6 Å². The molecule has 0 heterocycles. The van der Waals surface area contributed by atoms with Crippen LogP contribution in [0.4, 0.5) is 0 Å². The zero-order valence-electron chi connectivity index (χ0n) is 17.0. The highest BCUT2D eigenvalue weighted by Crippen LogP contribution is 2.67. The molecule has 3 saturated carbocycles. The Morgan fingerprint density at radius 3 is 2.57 bits per heavy atom. The fourth-order valence-corrected chi connectivity index (χ4v) is 7.25. The van der Waals surface area contributed by atoms with E-state index in [-0.39, 0.29) is 28.6 Å². The van der Waals surface area contributed by atoms with Crippen LogP contribution in [0.2, 0.25) is 0 Å². The number of aliphatic hydroxyl groups is 3. The summed E-state index contributed by atoms with van der Waals surface area (Å²) in [5.74, 6) is 2.65. The van der Waals surface area contributed by atoms with Crippen LogP contribution in [-0.4, -0.2) is 45.2 Å². The molecule has 154 valence electrons. The van der Waals surface area contributed by atoms with Crippen LogP contribution in [0.1, 0.15) is 59.3 Å². The van der Waals surface area contributed by atoms with Crippen LogP contribution in [0.5, 0.6) is 0 Å². The van der Waals surface area contributed by atoms with E-state index in [2.05, 4.69) is 19.8 Å². The number of fused-ring (bicyclic) bond motifs is 5. The second-order valence-corrected chi connectivity index (χ2v) is 10.0. The van der Waals surface area contributed by atoms with E-state index >= 15 is 0 Å². The Morgan fingerprint density at radius 2 is 1.93 bits per heavy atom. The molecule has 3 N–H and O–H groups in total. The van der Waals surface area contributed by atoms with Crippen molar-refractivity contribution in [2.75, 3.05) is 0 Å². The molecule has 4 rings (SSSR count). The quantitative estimate of drug-likeness (QED) is 0.364. The number of hydrogen-bond donors (Lipinski definition) is 3. The molecule has 0 aliphatic heterocycles. The lowest BCUT2D eigenvalue weighted by molar-refractivity contribution is -0.162. The van der Waals surface area contributed by atoms with Crippen LogP contribution < -0.4 is 0 Å².